The minimum absolute atomic E-state index is 0.145. The number of nitrogens with one attached hydrogen (secondary N) is 1. The van der Waals surface area contributed by atoms with E-state index in [1.165, 1.54) is 6.07 Å². The Labute approximate surface area is 99.3 Å². The minimum atomic E-state index is -0.932. The van der Waals surface area contributed by atoms with Crippen LogP contribution in [0.25, 0.3) is 0 Å². The van der Waals surface area contributed by atoms with Crippen LogP contribution in [0.4, 0.5) is 5.82 Å². The molecular formula is C11H17N3O3. The summed E-state index contributed by atoms with van der Waals surface area (Å²) in [6.07, 6.45) is 1.40. The number of hydrogen-bond donors (Lipinski definition) is 2. The first kappa shape index (κ1) is 13.2. The highest BCUT2D eigenvalue weighted by Gasteiger charge is 2.12. The minimum Gasteiger partial charge on any atom is -0.480 e. The number of carbonyl (C=O) groups is 1. The third kappa shape index (κ3) is 3.90. The number of aryl methyl sites for hydroxylation is 1. The molecule has 0 saturated carbocycles. The number of carboxylic acids is 1. The van der Waals surface area contributed by atoms with Crippen molar-refractivity contribution in [2.75, 3.05) is 18.0 Å². The third-order valence-corrected chi connectivity index (χ3v) is 2.26. The lowest BCUT2D eigenvalue weighted by molar-refractivity contribution is -0.135. The molecule has 0 aliphatic rings. The summed E-state index contributed by atoms with van der Waals surface area (Å²) < 4.78 is 0. The molecule has 1 aromatic heterocycles. The fourth-order valence-corrected chi connectivity index (χ4v) is 1.53. The average Bonchev–Trinajstić information content (AvgIpc) is 2.27. The number of H-pyrrole nitrogens is 1. The van der Waals surface area contributed by atoms with E-state index in [-0.39, 0.29) is 12.1 Å². The summed E-state index contributed by atoms with van der Waals surface area (Å²) in [7, 11) is 0. The van der Waals surface area contributed by atoms with E-state index in [0.29, 0.717) is 24.6 Å². The Kier molecular flexibility index (Phi) is 4.68. The lowest BCUT2D eigenvalue weighted by Gasteiger charge is -2.20. The number of aromatic nitrogens is 2. The summed E-state index contributed by atoms with van der Waals surface area (Å²) in [5.41, 5.74) is -0.252. The Balaban J connectivity index is 3.03. The smallest absolute Gasteiger partial charge is 0.323 e. The van der Waals surface area contributed by atoms with E-state index in [0.717, 1.165) is 6.42 Å². The zero-order valence-electron chi connectivity index (χ0n) is 10.1. The summed E-state index contributed by atoms with van der Waals surface area (Å²) in [6.45, 7) is 4.24. The summed E-state index contributed by atoms with van der Waals surface area (Å²) in [6, 6.07) is 1.33. The van der Waals surface area contributed by atoms with E-state index < -0.39 is 5.97 Å². The van der Waals surface area contributed by atoms with Crippen molar-refractivity contribution in [3.05, 3.63) is 22.2 Å². The fourth-order valence-electron chi connectivity index (χ4n) is 1.53. The van der Waals surface area contributed by atoms with Crippen LogP contribution < -0.4 is 10.5 Å². The van der Waals surface area contributed by atoms with Gasteiger partial charge in [0.1, 0.15) is 18.2 Å². The van der Waals surface area contributed by atoms with Gasteiger partial charge in [-0.1, -0.05) is 13.8 Å². The number of carboxylic acid groups (broad SMARTS) is 1. The Bertz CT molecular complexity index is 442. The van der Waals surface area contributed by atoms with Crippen LogP contribution in [0.3, 0.4) is 0 Å². The molecule has 1 aromatic rings. The maximum absolute atomic E-state index is 11.4. The van der Waals surface area contributed by atoms with Gasteiger partial charge in [0, 0.05) is 19.0 Å². The molecule has 17 heavy (non-hydrogen) atoms. The van der Waals surface area contributed by atoms with Crippen molar-refractivity contribution in [2.24, 2.45) is 0 Å². The topological polar surface area (TPSA) is 86.3 Å². The molecule has 6 heteroatoms. The van der Waals surface area contributed by atoms with E-state index in [2.05, 4.69) is 9.97 Å². The molecule has 2 N–H and O–H groups in total. The molecule has 0 amide bonds. The maximum atomic E-state index is 11.4. The van der Waals surface area contributed by atoms with Crippen LogP contribution in [0.2, 0.25) is 0 Å². The molecule has 0 bridgehead atoms. The predicted molar refractivity (Wildman–Crippen MR) is 64.4 cm³/mol. The second kappa shape index (κ2) is 6.03. The summed E-state index contributed by atoms with van der Waals surface area (Å²) in [4.78, 5) is 30.6. The van der Waals surface area contributed by atoms with Crippen LogP contribution in [0.5, 0.6) is 0 Å². The lowest BCUT2D eigenvalue weighted by atomic mass is 10.3. The molecule has 0 aliphatic carbocycles. The van der Waals surface area contributed by atoms with Crippen molar-refractivity contribution in [3.8, 4) is 0 Å². The molecule has 0 radical (unpaired) electrons. The van der Waals surface area contributed by atoms with Gasteiger partial charge in [0.2, 0.25) is 0 Å². The molecule has 0 saturated heterocycles. The van der Waals surface area contributed by atoms with Gasteiger partial charge in [0.15, 0.2) is 0 Å². The zero-order valence-corrected chi connectivity index (χ0v) is 10.1. The first-order valence-corrected chi connectivity index (χ1v) is 5.63. The highest BCUT2D eigenvalue weighted by Crippen LogP contribution is 2.08. The van der Waals surface area contributed by atoms with Crippen LogP contribution >= 0.6 is 0 Å². The van der Waals surface area contributed by atoms with Crippen molar-refractivity contribution in [1.82, 2.24) is 9.97 Å². The maximum Gasteiger partial charge on any atom is 0.323 e. The zero-order chi connectivity index (χ0) is 12.8. The molecule has 94 valence electrons. The van der Waals surface area contributed by atoms with E-state index >= 15 is 0 Å². The standard InChI is InChI=1S/C11H17N3O3/c1-3-5-14(7-11(16)17)9-6-10(15)13-8(4-2)12-9/h6H,3-5,7H2,1-2H3,(H,16,17)(H,12,13,15). The van der Waals surface area contributed by atoms with Gasteiger partial charge in [-0.05, 0) is 6.42 Å². The summed E-state index contributed by atoms with van der Waals surface area (Å²) in [5, 5.41) is 8.81. The molecule has 0 atom stereocenters. The molecule has 0 fully saturated rings. The Hall–Kier alpha value is -1.85. The SMILES string of the molecule is CCCN(CC(=O)O)c1cc(=O)[nH]c(CC)n1. The van der Waals surface area contributed by atoms with Crippen LogP contribution in [-0.4, -0.2) is 34.1 Å². The Morgan fingerprint density at radius 3 is 2.76 bits per heavy atom. The molecule has 0 aromatic carbocycles. The van der Waals surface area contributed by atoms with Crippen molar-refractivity contribution in [1.29, 1.82) is 0 Å². The third-order valence-electron chi connectivity index (χ3n) is 2.26. The molecule has 0 spiro atoms. The van der Waals surface area contributed by atoms with Gasteiger partial charge in [0.25, 0.3) is 5.56 Å². The predicted octanol–water partition coefficient (Wildman–Crippen LogP) is 0.633. The van der Waals surface area contributed by atoms with Gasteiger partial charge in [0.05, 0.1) is 0 Å². The molecule has 1 heterocycles. The van der Waals surface area contributed by atoms with Crippen molar-refractivity contribution in [3.63, 3.8) is 0 Å². The number of aliphatic carboxylic acids is 1. The van der Waals surface area contributed by atoms with Gasteiger partial charge >= 0.3 is 5.97 Å². The average molecular weight is 239 g/mol. The van der Waals surface area contributed by atoms with E-state index in [9.17, 15) is 9.59 Å². The second-order valence-electron chi connectivity index (χ2n) is 3.72. The van der Waals surface area contributed by atoms with Gasteiger partial charge < -0.3 is 15.0 Å². The first-order valence-electron chi connectivity index (χ1n) is 5.63. The second-order valence-corrected chi connectivity index (χ2v) is 3.72. The Morgan fingerprint density at radius 1 is 1.53 bits per heavy atom. The quantitative estimate of drug-likeness (QED) is 0.760. The lowest BCUT2D eigenvalue weighted by Crippen LogP contribution is -2.32. The van der Waals surface area contributed by atoms with E-state index in [4.69, 9.17) is 5.11 Å². The normalized spacial score (nSPS) is 10.2. The molecule has 1 rings (SSSR count). The number of anilines is 1. The summed E-state index contributed by atoms with van der Waals surface area (Å²) in [5.74, 6) is 0.0624. The van der Waals surface area contributed by atoms with Crippen LogP contribution in [0, 0.1) is 0 Å². The van der Waals surface area contributed by atoms with Gasteiger partial charge in [-0.3, -0.25) is 9.59 Å². The number of rotatable bonds is 6. The summed E-state index contributed by atoms with van der Waals surface area (Å²) >= 11 is 0. The Morgan fingerprint density at radius 2 is 2.24 bits per heavy atom. The van der Waals surface area contributed by atoms with Gasteiger partial charge in [-0.25, -0.2) is 4.98 Å². The molecular weight excluding hydrogens is 222 g/mol. The van der Waals surface area contributed by atoms with Crippen molar-refractivity contribution >= 4 is 11.8 Å². The largest absolute Gasteiger partial charge is 0.480 e. The van der Waals surface area contributed by atoms with E-state index in [1.54, 1.807) is 4.90 Å². The number of aromatic amines is 1. The molecule has 0 aliphatic heterocycles. The highest BCUT2D eigenvalue weighted by atomic mass is 16.4. The fraction of sp³-hybridized carbons (Fsp3) is 0.545. The van der Waals surface area contributed by atoms with Gasteiger partial charge in [-0.2, -0.15) is 0 Å². The van der Waals surface area contributed by atoms with Crippen molar-refractivity contribution < 1.29 is 9.90 Å². The molecule has 6 nitrogen and oxygen atoms in total. The first-order chi connectivity index (χ1) is 8.06. The monoisotopic (exact) mass is 239 g/mol. The number of hydrogen-bond acceptors (Lipinski definition) is 4. The van der Waals surface area contributed by atoms with Crippen LogP contribution in [-0.2, 0) is 11.2 Å². The van der Waals surface area contributed by atoms with Gasteiger partial charge in [-0.15, -0.1) is 0 Å². The van der Waals surface area contributed by atoms with Crippen LogP contribution in [0.1, 0.15) is 26.1 Å². The number of nitrogens with zero attached hydrogens (tertiary/aromatic N) is 2. The van der Waals surface area contributed by atoms with Crippen molar-refractivity contribution in [2.45, 2.75) is 26.7 Å². The molecule has 0 unspecified atom stereocenters. The highest BCUT2D eigenvalue weighted by molar-refractivity contribution is 5.73. The van der Waals surface area contributed by atoms with Crippen LogP contribution in [0.15, 0.2) is 10.9 Å². The van der Waals surface area contributed by atoms with E-state index in [1.807, 2.05) is 13.8 Å².